The number of nitrogens with zero attached hydrogens (tertiary/aromatic N) is 1. The molecule has 0 unspecified atom stereocenters. The SMILES string of the molecule is CC(C)c1c(C(=O)NN=Cc2ccc(I)cc2)[nH]c2ccccc12. The number of hydrogen-bond donors (Lipinski definition) is 2. The van der Waals surface area contributed by atoms with Crippen LogP contribution in [0.25, 0.3) is 10.9 Å². The lowest BCUT2D eigenvalue weighted by atomic mass is 9.99. The second-order valence-electron chi connectivity index (χ2n) is 5.86. The van der Waals surface area contributed by atoms with Gasteiger partial charge in [-0.05, 0) is 57.8 Å². The summed E-state index contributed by atoms with van der Waals surface area (Å²) >= 11 is 2.25. The molecule has 0 radical (unpaired) electrons. The summed E-state index contributed by atoms with van der Waals surface area (Å²) in [6.07, 6.45) is 1.64. The number of carbonyl (C=O) groups is 1. The largest absolute Gasteiger partial charge is 0.350 e. The van der Waals surface area contributed by atoms with Gasteiger partial charge in [0.2, 0.25) is 0 Å². The van der Waals surface area contributed by atoms with Gasteiger partial charge in [0.05, 0.1) is 6.21 Å². The van der Waals surface area contributed by atoms with E-state index >= 15 is 0 Å². The van der Waals surface area contributed by atoms with Gasteiger partial charge in [-0.3, -0.25) is 4.79 Å². The van der Waals surface area contributed by atoms with Crippen LogP contribution in [0.5, 0.6) is 0 Å². The van der Waals surface area contributed by atoms with Crippen LogP contribution >= 0.6 is 22.6 Å². The molecule has 24 heavy (non-hydrogen) atoms. The zero-order chi connectivity index (χ0) is 17.1. The summed E-state index contributed by atoms with van der Waals surface area (Å²) in [4.78, 5) is 15.7. The number of nitrogens with one attached hydrogen (secondary N) is 2. The fourth-order valence-corrected chi connectivity index (χ4v) is 3.07. The Bertz CT molecular complexity index is 895. The molecule has 0 fully saturated rings. The predicted molar refractivity (Wildman–Crippen MR) is 107 cm³/mol. The van der Waals surface area contributed by atoms with Gasteiger partial charge in [-0.15, -0.1) is 0 Å². The van der Waals surface area contributed by atoms with E-state index in [1.807, 2.05) is 48.5 Å². The van der Waals surface area contributed by atoms with Crippen molar-refractivity contribution in [3.05, 3.63) is 68.9 Å². The summed E-state index contributed by atoms with van der Waals surface area (Å²) in [6, 6.07) is 15.9. The number of amides is 1. The first kappa shape index (κ1) is 16.7. The second-order valence-corrected chi connectivity index (χ2v) is 7.11. The van der Waals surface area contributed by atoms with E-state index in [9.17, 15) is 4.79 Å². The van der Waals surface area contributed by atoms with Gasteiger partial charge in [0.15, 0.2) is 0 Å². The summed E-state index contributed by atoms with van der Waals surface area (Å²) in [6.45, 7) is 4.17. The molecule has 1 amide bonds. The second kappa shape index (κ2) is 7.17. The van der Waals surface area contributed by atoms with Crippen LogP contribution in [-0.2, 0) is 0 Å². The van der Waals surface area contributed by atoms with Gasteiger partial charge in [0.1, 0.15) is 5.69 Å². The molecular weight excluding hydrogens is 413 g/mol. The smallest absolute Gasteiger partial charge is 0.288 e. The van der Waals surface area contributed by atoms with E-state index in [-0.39, 0.29) is 11.8 Å². The number of para-hydroxylation sites is 1. The Labute approximate surface area is 154 Å². The van der Waals surface area contributed by atoms with Crippen molar-refractivity contribution in [3.8, 4) is 0 Å². The molecule has 0 spiro atoms. The van der Waals surface area contributed by atoms with E-state index in [4.69, 9.17) is 0 Å². The Balaban J connectivity index is 1.83. The molecule has 0 bridgehead atoms. The molecule has 5 heteroatoms. The number of rotatable bonds is 4. The molecule has 0 saturated carbocycles. The number of aromatic amines is 1. The lowest BCUT2D eigenvalue weighted by molar-refractivity contribution is 0.0949. The molecule has 0 aliphatic rings. The van der Waals surface area contributed by atoms with Gasteiger partial charge in [-0.1, -0.05) is 44.2 Å². The van der Waals surface area contributed by atoms with Crippen molar-refractivity contribution in [1.29, 1.82) is 0 Å². The van der Waals surface area contributed by atoms with Gasteiger partial charge in [-0.25, -0.2) is 5.43 Å². The molecule has 0 atom stereocenters. The third kappa shape index (κ3) is 3.51. The number of carbonyl (C=O) groups excluding carboxylic acids is 1. The normalized spacial score (nSPS) is 11.5. The molecule has 3 aromatic rings. The van der Waals surface area contributed by atoms with Crippen molar-refractivity contribution < 1.29 is 4.79 Å². The van der Waals surface area contributed by atoms with E-state index < -0.39 is 0 Å². The third-order valence-corrected chi connectivity index (χ3v) is 4.52. The van der Waals surface area contributed by atoms with Crippen LogP contribution in [-0.4, -0.2) is 17.1 Å². The summed E-state index contributed by atoms with van der Waals surface area (Å²) in [5, 5.41) is 5.15. The maximum Gasteiger partial charge on any atom is 0.288 e. The molecular formula is C19H18IN3O. The van der Waals surface area contributed by atoms with E-state index in [1.54, 1.807) is 6.21 Å². The first-order valence-corrected chi connectivity index (χ1v) is 8.83. The van der Waals surface area contributed by atoms with Gasteiger partial charge < -0.3 is 4.98 Å². The fourth-order valence-electron chi connectivity index (χ4n) is 2.71. The summed E-state index contributed by atoms with van der Waals surface area (Å²) in [5.74, 6) is 0.0127. The van der Waals surface area contributed by atoms with Crippen LogP contribution in [0.4, 0.5) is 0 Å². The Morgan fingerprint density at radius 2 is 1.88 bits per heavy atom. The summed E-state index contributed by atoms with van der Waals surface area (Å²) in [5.41, 5.74) is 6.12. The van der Waals surface area contributed by atoms with E-state index in [2.05, 4.69) is 51.9 Å². The highest BCUT2D eigenvalue weighted by atomic mass is 127. The van der Waals surface area contributed by atoms with Crippen molar-refractivity contribution in [3.63, 3.8) is 0 Å². The highest BCUT2D eigenvalue weighted by Gasteiger charge is 2.19. The molecule has 2 N–H and O–H groups in total. The van der Waals surface area contributed by atoms with Crippen LogP contribution in [0, 0.1) is 3.57 Å². The number of hydrogen-bond acceptors (Lipinski definition) is 2. The average Bonchev–Trinajstić information content (AvgIpc) is 2.96. The van der Waals surface area contributed by atoms with E-state index in [1.165, 1.54) is 0 Å². The zero-order valence-electron chi connectivity index (χ0n) is 13.5. The number of aromatic nitrogens is 1. The zero-order valence-corrected chi connectivity index (χ0v) is 15.7. The van der Waals surface area contributed by atoms with Gasteiger partial charge in [-0.2, -0.15) is 5.10 Å². The summed E-state index contributed by atoms with van der Waals surface area (Å²) < 4.78 is 1.16. The van der Waals surface area contributed by atoms with Gasteiger partial charge in [0.25, 0.3) is 5.91 Å². The Morgan fingerprint density at radius 1 is 1.17 bits per heavy atom. The first-order chi connectivity index (χ1) is 11.6. The highest BCUT2D eigenvalue weighted by molar-refractivity contribution is 14.1. The molecule has 2 aromatic carbocycles. The van der Waals surface area contributed by atoms with Gasteiger partial charge >= 0.3 is 0 Å². The van der Waals surface area contributed by atoms with Crippen molar-refractivity contribution in [2.24, 2.45) is 5.10 Å². The third-order valence-electron chi connectivity index (χ3n) is 3.80. The monoisotopic (exact) mass is 431 g/mol. The van der Waals surface area contributed by atoms with E-state index in [0.717, 1.165) is 25.6 Å². The predicted octanol–water partition coefficient (Wildman–Crippen LogP) is 4.66. The Morgan fingerprint density at radius 3 is 2.58 bits per heavy atom. The number of H-pyrrole nitrogens is 1. The molecule has 3 rings (SSSR count). The maximum absolute atomic E-state index is 12.5. The van der Waals surface area contributed by atoms with Crippen LogP contribution in [0.3, 0.4) is 0 Å². The highest BCUT2D eigenvalue weighted by Crippen LogP contribution is 2.28. The molecule has 0 aliphatic carbocycles. The van der Waals surface area contributed by atoms with Gasteiger partial charge in [0, 0.05) is 14.5 Å². The van der Waals surface area contributed by atoms with Crippen molar-refractivity contribution >= 4 is 45.6 Å². The number of benzene rings is 2. The number of fused-ring (bicyclic) bond motifs is 1. The topological polar surface area (TPSA) is 57.2 Å². The molecule has 4 nitrogen and oxygen atoms in total. The first-order valence-electron chi connectivity index (χ1n) is 7.76. The standard InChI is InChI=1S/C19H18IN3O/c1-12(2)17-15-5-3-4-6-16(15)22-18(17)19(24)23-21-11-13-7-9-14(20)10-8-13/h3-12,22H,1-2H3,(H,23,24). The quantitative estimate of drug-likeness (QED) is 0.353. The van der Waals surface area contributed by atoms with Crippen LogP contribution < -0.4 is 5.43 Å². The Hall–Kier alpha value is -2.15. The average molecular weight is 431 g/mol. The number of halogens is 1. The van der Waals surface area contributed by atoms with Crippen LogP contribution in [0.2, 0.25) is 0 Å². The minimum atomic E-state index is -0.225. The minimum absolute atomic E-state index is 0.225. The molecule has 0 saturated heterocycles. The van der Waals surface area contributed by atoms with Crippen molar-refractivity contribution in [2.75, 3.05) is 0 Å². The number of hydrazone groups is 1. The van der Waals surface area contributed by atoms with E-state index in [0.29, 0.717) is 5.69 Å². The van der Waals surface area contributed by atoms with Crippen molar-refractivity contribution in [2.45, 2.75) is 19.8 Å². The Kier molecular flexibility index (Phi) is 4.99. The molecule has 0 aliphatic heterocycles. The summed E-state index contributed by atoms with van der Waals surface area (Å²) in [7, 11) is 0. The van der Waals surface area contributed by atoms with Crippen molar-refractivity contribution in [1.82, 2.24) is 10.4 Å². The molecule has 122 valence electrons. The van der Waals surface area contributed by atoms with Crippen LogP contribution in [0.15, 0.2) is 53.6 Å². The lowest BCUT2D eigenvalue weighted by Crippen LogP contribution is -2.19. The molecule has 1 aromatic heterocycles. The lowest BCUT2D eigenvalue weighted by Gasteiger charge is -2.07. The maximum atomic E-state index is 12.5. The van der Waals surface area contributed by atoms with Crippen LogP contribution in [0.1, 0.15) is 41.4 Å². The fraction of sp³-hybridized carbons (Fsp3) is 0.158. The minimum Gasteiger partial charge on any atom is -0.350 e. The molecule has 1 heterocycles.